The van der Waals surface area contributed by atoms with Crippen molar-refractivity contribution in [2.75, 3.05) is 7.11 Å². The molecule has 0 saturated carbocycles. The zero-order valence-electron chi connectivity index (χ0n) is 11.4. The highest BCUT2D eigenvalue weighted by atomic mass is 35.6. The molecule has 0 aliphatic rings. The second-order valence-corrected chi connectivity index (χ2v) is 6.84. The summed E-state index contributed by atoms with van der Waals surface area (Å²) in [5.41, 5.74) is 4.10. The van der Waals surface area contributed by atoms with Gasteiger partial charge in [-0.3, -0.25) is 0 Å². The Bertz CT molecular complexity index is 516. The van der Waals surface area contributed by atoms with Crippen molar-refractivity contribution in [2.24, 2.45) is 10.8 Å². The van der Waals surface area contributed by atoms with Gasteiger partial charge in [0.15, 0.2) is 11.3 Å². The molecule has 0 spiro atoms. The summed E-state index contributed by atoms with van der Waals surface area (Å²) in [6.45, 7) is 1.98. The van der Waals surface area contributed by atoms with Gasteiger partial charge in [0.25, 0.3) is 0 Å². The molecular weight excluding hydrogens is 355 g/mol. The summed E-state index contributed by atoms with van der Waals surface area (Å²) in [6.07, 6.45) is -0.970. The van der Waals surface area contributed by atoms with Crippen molar-refractivity contribution in [3.05, 3.63) is 35.4 Å². The number of nitrogens with zero attached hydrogens (tertiary/aromatic N) is 1. The van der Waals surface area contributed by atoms with Crippen LogP contribution in [0.2, 0.25) is 0 Å². The van der Waals surface area contributed by atoms with Crippen LogP contribution < -0.4 is 16.6 Å². The average Bonchev–Trinajstić information content (AvgIpc) is 2.43. The van der Waals surface area contributed by atoms with E-state index in [0.29, 0.717) is 5.90 Å². The maximum Gasteiger partial charge on any atom is 0.230 e. The summed E-state index contributed by atoms with van der Waals surface area (Å²) >= 11 is 22.6. The number of hydrogen-bond donors (Lipinski definition) is 3. The Labute approximate surface area is 143 Å². The van der Waals surface area contributed by atoms with E-state index in [4.69, 9.17) is 57.6 Å². The number of nitrogens with one attached hydrogen (secondary N) is 2. The number of aryl methyl sites for hydroxylation is 1. The molecule has 5 nitrogen and oxygen atoms in total. The summed E-state index contributed by atoms with van der Waals surface area (Å²) in [4.78, 5) is 4.26. The Balaban J connectivity index is 3.10. The van der Waals surface area contributed by atoms with Gasteiger partial charge in [-0.25, -0.2) is 10.8 Å². The minimum Gasteiger partial charge on any atom is -0.481 e. The first-order chi connectivity index (χ1) is 9.77. The second-order valence-electron chi connectivity index (χ2n) is 4.07. The zero-order chi connectivity index (χ0) is 16.0. The monoisotopic (exact) mass is 368 g/mol. The molecule has 0 heterocycles. The number of benzene rings is 1. The van der Waals surface area contributed by atoms with Crippen LogP contribution in [0.15, 0.2) is 29.3 Å². The molecule has 1 atom stereocenters. The van der Waals surface area contributed by atoms with Gasteiger partial charge in [-0.1, -0.05) is 52.5 Å². The fourth-order valence-electron chi connectivity index (χ4n) is 1.41. The molecule has 0 fully saturated rings. The molecule has 0 aromatic heterocycles. The van der Waals surface area contributed by atoms with Gasteiger partial charge in [0.1, 0.15) is 0 Å². The molecule has 0 aliphatic carbocycles. The molecule has 0 radical (unpaired) electrons. The fourth-order valence-corrected chi connectivity index (χ4v) is 1.83. The van der Waals surface area contributed by atoms with Crippen LogP contribution in [0.3, 0.4) is 0 Å². The first-order valence-electron chi connectivity index (χ1n) is 5.80. The average molecular weight is 370 g/mol. The van der Waals surface area contributed by atoms with Crippen LogP contribution in [-0.2, 0) is 4.74 Å². The number of alkyl halides is 3. The van der Waals surface area contributed by atoms with E-state index in [2.05, 4.69) is 15.7 Å². The van der Waals surface area contributed by atoms with E-state index < -0.39 is 9.96 Å². The van der Waals surface area contributed by atoms with Crippen molar-refractivity contribution in [1.29, 1.82) is 0 Å². The number of rotatable bonds is 3. The maximum atomic E-state index is 5.89. The third-order valence-corrected chi connectivity index (χ3v) is 3.30. The molecule has 0 bridgehead atoms. The van der Waals surface area contributed by atoms with Crippen LogP contribution in [0.4, 0.5) is 0 Å². The van der Waals surface area contributed by atoms with Crippen LogP contribution in [0.25, 0.3) is 0 Å². The van der Waals surface area contributed by atoms with E-state index in [0.717, 1.165) is 11.1 Å². The van der Waals surface area contributed by atoms with Gasteiger partial charge in [0, 0.05) is 5.56 Å². The number of thiocarbonyl (C=S) groups is 1. The molecule has 21 heavy (non-hydrogen) atoms. The maximum absolute atomic E-state index is 5.89. The van der Waals surface area contributed by atoms with Gasteiger partial charge in [-0.15, -0.1) is 0 Å². The van der Waals surface area contributed by atoms with E-state index in [-0.39, 0.29) is 5.11 Å². The van der Waals surface area contributed by atoms with Crippen molar-refractivity contribution in [3.63, 3.8) is 0 Å². The Hall–Kier alpha value is -0.790. The molecule has 0 saturated heterocycles. The van der Waals surface area contributed by atoms with Crippen LogP contribution >= 0.6 is 47.0 Å². The minimum absolute atomic E-state index is 0.0921. The third kappa shape index (κ3) is 5.84. The first-order valence-corrected chi connectivity index (χ1v) is 7.34. The Morgan fingerprint density at radius 1 is 1.33 bits per heavy atom. The molecule has 0 aliphatic heterocycles. The lowest BCUT2D eigenvalue weighted by Gasteiger charge is -2.23. The molecule has 116 valence electrons. The van der Waals surface area contributed by atoms with Gasteiger partial charge < -0.3 is 15.5 Å². The molecule has 9 heteroatoms. The van der Waals surface area contributed by atoms with Crippen LogP contribution in [0.5, 0.6) is 0 Å². The van der Waals surface area contributed by atoms with Gasteiger partial charge in [0.2, 0.25) is 9.69 Å². The summed E-state index contributed by atoms with van der Waals surface area (Å²) < 4.78 is 3.52. The second kappa shape index (κ2) is 8.00. The van der Waals surface area contributed by atoms with Crippen molar-refractivity contribution < 1.29 is 4.74 Å². The molecule has 0 amide bonds. The van der Waals surface area contributed by atoms with E-state index in [1.165, 1.54) is 7.11 Å². The van der Waals surface area contributed by atoms with Crippen LogP contribution in [-0.4, -0.2) is 28.1 Å². The predicted octanol–water partition coefficient (Wildman–Crippen LogP) is 2.42. The Morgan fingerprint density at radius 2 is 1.90 bits per heavy atom. The number of nitrogens with two attached hydrogens (primary N) is 1. The molecule has 1 rings (SSSR count). The van der Waals surface area contributed by atoms with Gasteiger partial charge in [0.05, 0.1) is 7.11 Å². The van der Waals surface area contributed by atoms with Gasteiger partial charge in [-0.2, -0.15) is 0 Å². The predicted molar refractivity (Wildman–Crippen MR) is 91.9 cm³/mol. The first kappa shape index (κ1) is 18.3. The fraction of sp³-hybridized carbons (Fsp3) is 0.333. The van der Waals surface area contributed by atoms with Crippen molar-refractivity contribution >= 4 is 58.0 Å². The third-order valence-electron chi connectivity index (χ3n) is 2.45. The largest absolute Gasteiger partial charge is 0.481 e. The molecule has 1 aromatic rings. The Morgan fingerprint density at radius 3 is 2.33 bits per heavy atom. The highest BCUT2D eigenvalue weighted by Crippen LogP contribution is 2.31. The number of methoxy groups -OCH3 is 1. The minimum atomic E-state index is -1.74. The topological polar surface area (TPSA) is 71.7 Å². The smallest absolute Gasteiger partial charge is 0.230 e. The van der Waals surface area contributed by atoms with Crippen LogP contribution in [0.1, 0.15) is 11.1 Å². The summed E-state index contributed by atoms with van der Waals surface area (Å²) in [7, 11) is 1.48. The molecule has 1 unspecified atom stereocenters. The number of hydrogen-bond acceptors (Lipinski definition) is 4. The summed E-state index contributed by atoms with van der Waals surface area (Å²) in [5, 5.41) is 2.78. The number of halogens is 3. The SMILES string of the molecule is CO/C(=N\C(NC(=S)NN)C(Cl)(Cl)Cl)c1ccc(C)cc1. The zero-order valence-corrected chi connectivity index (χ0v) is 14.4. The summed E-state index contributed by atoms with van der Waals surface area (Å²) in [5.74, 6) is 5.50. The van der Waals surface area contributed by atoms with Crippen molar-refractivity contribution in [3.8, 4) is 0 Å². The van der Waals surface area contributed by atoms with E-state index in [1.54, 1.807) is 0 Å². The van der Waals surface area contributed by atoms with Gasteiger partial charge >= 0.3 is 0 Å². The molecular formula is C12H15Cl3N4OS. The highest BCUT2D eigenvalue weighted by molar-refractivity contribution is 7.80. The van der Waals surface area contributed by atoms with Gasteiger partial charge in [-0.05, 0) is 31.3 Å². The van der Waals surface area contributed by atoms with Crippen molar-refractivity contribution in [2.45, 2.75) is 16.9 Å². The summed E-state index contributed by atoms with van der Waals surface area (Å²) in [6, 6.07) is 7.56. The number of hydrazine groups is 1. The van der Waals surface area contributed by atoms with E-state index >= 15 is 0 Å². The van der Waals surface area contributed by atoms with Crippen molar-refractivity contribution in [1.82, 2.24) is 10.7 Å². The Kier molecular flexibility index (Phi) is 6.96. The number of aliphatic imine (C=N–C) groups is 1. The lowest BCUT2D eigenvalue weighted by atomic mass is 10.1. The number of ether oxygens (including phenoxy) is 1. The van der Waals surface area contributed by atoms with E-state index in [9.17, 15) is 0 Å². The standard InChI is InChI=1S/C12H15Cl3N4OS/c1-7-3-5-8(6-4-7)9(20-2)17-10(12(13,14)15)18-11(21)19-16/h3-6,10H,16H2,1-2H3,(H2,18,19,21)/b17-9-. The lowest BCUT2D eigenvalue weighted by Crippen LogP contribution is -2.49. The highest BCUT2D eigenvalue weighted by Gasteiger charge is 2.33. The quantitative estimate of drug-likeness (QED) is 0.191. The molecule has 4 N–H and O–H groups in total. The lowest BCUT2D eigenvalue weighted by molar-refractivity contribution is 0.397. The molecule has 1 aromatic carbocycles. The normalized spacial score (nSPS) is 13.5. The van der Waals surface area contributed by atoms with E-state index in [1.807, 2.05) is 31.2 Å². The van der Waals surface area contributed by atoms with Crippen LogP contribution in [0, 0.1) is 6.92 Å².